The number of rotatable bonds is 3. The summed E-state index contributed by atoms with van der Waals surface area (Å²) in [5.74, 6) is -2.68. The van der Waals surface area contributed by atoms with E-state index in [-0.39, 0.29) is 6.42 Å². The van der Waals surface area contributed by atoms with Crippen LogP contribution in [0.25, 0.3) is 0 Å². The van der Waals surface area contributed by atoms with Gasteiger partial charge in [-0.15, -0.1) is 0 Å². The van der Waals surface area contributed by atoms with Gasteiger partial charge in [-0.05, 0) is 6.42 Å². The third-order valence-electron chi connectivity index (χ3n) is 2.66. The number of imide groups is 2. The number of ether oxygens (including phenoxy) is 1. The summed E-state index contributed by atoms with van der Waals surface area (Å²) in [5.41, 5.74) is 0. The number of hydrogen-bond donors (Lipinski definition) is 0. The molecule has 0 saturated carbocycles. The van der Waals surface area contributed by atoms with E-state index in [4.69, 9.17) is 0 Å². The van der Waals surface area contributed by atoms with Crippen molar-refractivity contribution >= 4 is 23.8 Å². The fourth-order valence-corrected chi connectivity index (χ4v) is 1.56. The van der Waals surface area contributed by atoms with Crippen molar-refractivity contribution in [3.8, 4) is 0 Å². The maximum atomic E-state index is 11.7. The number of amides is 4. The molecule has 0 atom stereocenters. The monoisotopic (exact) mass is 254 g/mol. The number of barbiturate groups is 1. The molecule has 1 aliphatic rings. The number of esters is 1. The summed E-state index contributed by atoms with van der Waals surface area (Å²) in [7, 11) is 3.85. The van der Waals surface area contributed by atoms with Crippen molar-refractivity contribution in [3.63, 3.8) is 0 Å². The van der Waals surface area contributed by atoms with E-state index in [0.29, 0.717) is 0 Å². The van der Waals surface area contributed by atoms with Crippen molar-refractivity contribution in [3.05, 3.63) is 12.2 Å². The Bertz CT molecular complexity index is 405. The van der Waals surface area contributed by atoms with Gasteiger partial charge in [0.25, 0.3) is 0 Å². The molecule has 0 spiro atoms. The topological polar surface area (TPSA) is 84.0 Å². The zero-order valence-corrected chi connectivity index (χ0v) is 10.4. The van der Waals surface area contributed by atoms with E-state index in [0.717, 1.165) is 15.9 Å². The Morgan fingerprint density at radius 1 is 1.22 bits per heavy atom. The highest BCUT2D eigenvalue weighted by Crippen LogP contribution is 2.18. The van der Waals surface area contributed by atoms with Crippen molar-refractivity contribution in [2.45, 2.75) is 6.42 Å². The minimum absolute atomic E-state index is 0.0503. The normalized spacial score (nSPS) is 17.8. The zero-order valence-electron chi connectivity index (χ0n) is 10.4. The lowest BCUT2D eigenvalue weighted by Gasteiger charge is -2.32. The molecular weight excluding hydrogens is 240 g/mol. The van der Waals surface area contributed by atoms with Crippen LogP contribution in [0.3, 0.4) is 0 Å². The van der Waals surface area contributed by atoms with Crippen LogP contribution in [0.2, 0.25) is 0 Å². The fraction of sp³-hybridized carbons (Fsp3) is 0.455. The van der Waals surface area contributed by atoms with Crippen LogP contribution >= 0.6 is 0 Å². The summed E-state index contributed by atoms with van der Waals surface area (Å²) in [6, 6.07) is -0.654. The van der Waals surface area contributed by atoms with Crippen molar-refractivity contribution in [1.82, 2.24) is 9.80 Å². The van der Waals surface area contributed by atoms with E-state index in [1.807, 2.05) is 0 Å². The molecule has 0 radical (unpaired) electrons. The quantitative estimate of drug-likeness (QED) is 0.394. The molecule has 1 aliphatic heterocycles. The third-order valence-corrected chi connectivity index (χ3v) is 2.66. The molecule has 1 heterocycles. The van der Waals surface area contributed by atoms with E-state index in [1.165, 1.54) is 27.3 Å². The smallest absolute Gasteiger partial charge is 0.332 e. The molecule has 1 fully saturated rings. The molecule has 0 bridgehead atoms. The lowest BCUT2D eigenvalue weighted by atomic mass is 10.00. The summed E-state index contributed by atoms with van der Waals surface area (Å²) in [5, 5.41) is 0. The Kier molecular flexibility index (Phi) is 4.19. The predicted molar refractivity (Wildman–Crippen MR) is 60.2 cm³/mol. The van der Waals surface area contributed by atoms with Gasteiger partial charge in [0.1, 0.15) is 5.92 Å². The predicted octanol–water partition coefficient (Wildman–Crippen LogP) is -0.228. The molecule has 1 rings (SSSR count). The van der Waals surface area contributed by atoms with Crippen LogP contribution in [0.4, 0.5) is 4.79 Å². The van der Waals surface area contributed by atoms with Gasteiger partial charge in [0, 0.05) is 20.2 Å². The summed E-state index contributed by atoms with van der Waals surface area (Å²) < 4.78 is 4.38. The third kappa shape index (κ3) is 2.55. The number of allylic oxidation sites excluding steroid dienone is 1. The van der Waals surface area contributed by atoms with Gasteiger partial charge in [-0.3, -0.25) is 19.4 Å². The summed E-state index contributed by atoms with van der Waals surface area (Å²) in [4.78, 5) is 47.5. The minimum atomic E-state index is -0.974. The number of urea groups is 1. The van der Waals surface area contributed by atoms with Gasteiger partial charge < -0.3 is 4.74 Å². The molecule has 4 amide bonds. The number of hydrogen-bond acceptors (Lipinski definition) is 5. The summed E-state index contributed by atoms with van der Waals surface area (Å²) in [6.45, 7) is 0. The van der Waals surface area contributed by atoms with Crippen molar-refractivity contribution < 1.29 is 23.9 Å². The highest BCUT2D eigenvalue weighted by atomic mass is 16.5. The maximum absolute atomic E-state index is 11.7. The van der Waals surface area contributed by atoms with Crippen LogP contribution in [0, 0.1) is 5.92 Å². The zero-order chi connectivity index (χ0) is 13.9. The van der Waals surface area contributed by atoms with Crippen LogP contribution in [0.1, 0.15) is 6.42 Å². The molecule has 0 N–H and O–H groups in total. The SMILES string of the molecule is COC(=O)/C=C/CC1C(=O)N(C)C(=O)N(C)C1=O. The molecular formula is C11H14N2O5. The first kappa shape index (κ1) is 13.9. The van der Waals surface area contributed by atoms with Crippen LogP contribution in [0.5, 0.6) is 0 Å². The van der Waals surface area contributed by atoms with Gasteiger partial charge in [0.05, 0.1) is 7.11 Å². The number of carbonyl (C=O) groups excluding carboxylic acids is 4. The lowest BCUT2D eigenvalue weighted by Crippen LogP contribution is -2.56. The molecule has 98 valence electrons. The highest BCUT2D eigenvalue weighted by Gasteiger charge is 2.41. The second-order valence-corrected chi connectivity index (χ2v) is 3.79. The largest absolute Gasteiger partial charge is 0.466 e. The Balaban J connectivity index is 2.78. The van der Waals surface area contributed by atoms with Gasteiger partial charge in [0.15, 0.2) is 0 Å². The van der Waals surface area contributed by atoms with Crippen LogP contribution in [-0.4, -0.2) is 54.8 Å². The van der Waals surface area contributed by atoms with Crippen LogP contribution in [-0.2, 0) is 19.1 Å². The first-order chi connectivity index (χ1) is 8.40. The van der Waals surface area contributed by atoms with E-state index in [9.17, 15) is 19.2 Å². The van der Waals surface area contributed by atoms with E-state index < -0.39 is 29.7 Å². The lowest BCUT2D eigenvalue weighted by molar-refractivity contribution is -0.147. The van der Waals surface area contributed by atoms with Crippen LogP contribution in [0.15, 0.2) is 12.2 Å². The standard InChI is InChI=1S/C11H14N2O5/c1-12-9(15)7(5-4-6-8(14)18-3)10(16)13(2)11(12)17/h4,6-7H,5H2,1-3H3/b6-4+. The summed E-state index contributed by atoms with van der Waals surface area (Å²) >= 11 is 0. The van der Waals surface area contributed by atoms with Gasteiger partial charge in [-0.2, -0.15) is 0 Å². The van der Waals surface area contributed by atoms with Crippen LogP contribution < -0.4 is 0 Å². The van der Waals surface area contributed by atoms with Gasteiger partial charge >= 0.3 is 12.0 Å². The van der Waals surface area contributed by atoms with Gasteiger partial charge in [-0.1, -0.05) is 6.08 Å². The Morgan fingerprint density at radius 3 is 2.17 bits per heavy atom. The van der Waals surface area contributed by atoms with E-state index >= 15 is 0 Å². The molecule has 7 heteroatoms. The van der Waals surface area contributed by atoms with E-state index in [2.05, 4.69) is 4.74 Å². The van der Waals surface area contributed by atoms with Gasteiger partial charge in [0.2, 0.25) is 11.8 Å². The molecule has 0 aromatic rings. The Labute approximate surface area is 104 Å². The molecule has 7 nitrogen and oxygen atoms in total. The highest BCUT2D eigenvalue weighted by molar-refractivity contribution is 6.15. The molecule has 1 saturated heterocycles. The van der Waals surface area contributed by atoms with Crippen molar-refractivity contribution in [2.75, 3.05) is 21.2 Å². The average Bonchev–Trinajstić information content (AvgIpc) is 2.37. The first-order valence-corrected chi connectivity index (χ1v) is 5.23. The maximum Gasteiger partial charge on any atom is 0.332 e. The van der Waals surface area contributed by atoms with Gasteiger partial charge in [-0.25, -0.2) is 9.59 Å². The molecule has 0 aliphatic carbocycles. The molecule has 18 heavy (non-hydrogen) atoms. The minimum Gasteiger partial charge on any atom is -0.466 e. The fourth-order valence-electron chi connectivity index (χ4n) is 1.56. The molecule has 0 aromatic heterocycles. The van der Waals surface area contributed by atoms with E-state index in [1.54, 1.807) is 0 Å². The Morgan fingerprint density at radius 2 is 1.72 bits per heavy atom. The number of carbonyl (C=O) groups is 4. The first-order valence-electron chi connectivity index (χ1n) is 5.23. The average molecular weight is 254 g/mol. The molecule has 0 aromatic carbocycles. The number of nitrogens with zero attached hydrogens (tertiary/aromatic N) is 2. The second kappa shape index (κ2) is 5.44. The van der Waals surface area contributed by atoms with Crippen molar-refractivity contribution in [2.24, 2.45) is 5.92 Å². The number of methoxy groups -OCH3 is 1. The Hall–Kier alpha value is -2.18. The second-order valence-electron chi connectivity index (χ2n) is 3.79. The molecule has 0 unspecified atom stereocenters. The van der Waals surface area contributed by atoms with Crippen molar-refractivity contribution in [1.29, 1.82) is 0 Å². The summed E-state index contributed by atoms with van der Waals surface area (Å²) in [6.07, 6.45) is 2.56.